The molecule has 0 heterocycles. The Morgan fingerprint density at radius 2 is 0.667 bits per heavy atom. The predicted molar refractivity (Wildman–Crippen MR) is 139 cm³/mol. The van der Waals surface area contributed by atoms with Gasteiger partial charge >= 0.3 is 0 Å². The van der Waals surface area contributed by atoms with E-state index in [1.165, 1.54) is 22.3 Å². The number of nitrogens with zero attached hydrogens (tertiary/aromatic N) is 2. The zero-order valence-electron chi connectivity index (χ0n) is 19.1. The molecule has 0 fully saturated rings. The Balaban J connectivity index is 1.65. The van der Waals surface area contributed by atoms with Crippen LogP contribution in [-0.4, -0.2) is 26.2 Å². The van der Waals surface area contributed by atoms with Gasteiger partial charge in [0.2, 0.25) is 0 Å². The molecular weight excluding hydrogens is 416 g/mol. The van der Waals surface area contributed by atoms with Crippen molar-refractivity contribution in [1.82, 2.24) is 9.80 Å². The highest BCUT2D eigenvalue weighted by atomic mass is 28.1. The normalized spacial score (nSPS) is 11.4. The Bertz CT molecular complexity index is 885. The maximum absolute atomic E-state index is 3.95. The topological polar surface area (TPSA) is 6.48 Å². The summed E-state index contributed by atoms with van der Waals surface area (Å²) in [7, 11) is 3.95. The Morgan fingerprint density at radius 1 is 0.424 bits per heavy atom. The lowest BCUT2D eigenvalue weighted by molar-refractivity contribution is 0.0313. The summed E-state index contributed by atoms with van der Waals surface area (Å²) >= 11 is 0. The minimum Gasteiger partial charge on any atom is -0.280 e. The number of rotatable bonds is 11. The molecule has 0 bridgehead atoms. The smallest absolute Gasteiger partial charge is 0.0604 e. The van der Waals surface area contributed by atoms with Gasteiger partial charge in [0.05, 0.1) is 6.17 Å². The van der Waals surface area contributed by atoms with Crippen molar-refractivity contribution in [3.63, 3.8) is 0 Å². The van der Waals surface area contributed by atoms with Crippen LogP contribution < -0.4 is 0 Å². The van der Waals surface area contributed by atoms with Gasteiger partial charge in [-0.2, -0.15) is 0 Å². The van der Waals surface area contributed by atoms with Crippen molar-refractivity contribution < 1.29 is 0 Å². The van der Waals surface area contributed by atoms with Crippen molar-refractivity contribution in [3.8, 4) is 0 Å². The van der Waals surface area contributed by atoms with Crippen LogP contribution in [0.4, 0.5) is 0 Å². The van der Waals surface area contributed by atoms with Crippen LogP contribution in [0, 0.1) is 0 Å². The number of hydrogen-bond donors (Lipinski definition) is 0. The van der Waals surface area contributed by atoms with Crippen LogP contribution in [0.15, 0.2) is 121 Å². The molecule has 2 nitrogen and oxygen atoms in total. The van der Waals surface area contributed by atoms with Gasteiger partial charge in [-0.25, -0.2) is 0 Å². The van der Waals surface area contributed by atoms with Crippen LogP contribution in [0.5, 0.6) is 0 Å². The van der Waals surface area contributed by atoms with E-state index in [-0.39, 0.29) is 6.17 Å². The van der Waals surface area contributed by atoms with Crippen molar-refractivity contribution in [2.45, 2.75) is 38.4 Å². The molecular formula is C30H31N2Si. The second kappa shape index (κ2) is 12.3. The van der Waals surface area contributed by atoms with Gasteiger partial charge in [-0.05, 0) is 28.3 Å². The summed E-state index contributed by atoms with van der Waals surface area (Å²) in [5.41, 5.74) is 5.33. The Morgan fingerprint density at radius 3 is 0.879 bits per heavy atom. The second-order valence-electron chi connectivity index (χ2n) is 8.44. The highest BCUT2D eigenvalue weighted by Crippen LogP contribution is 2.22. The fraction of sp³-hybridized carbons (Fsp3) is 0.200. The number of hydrogen-bond acceptors (Lipinski definition) is 2. The Labute approximate surface area is 201 Å². The predicted octanol–water partition coefficient (Wildman–Crippen LogP) is 6.30. The average molecular weight is 448 g/mol. The van der Waals surface area contributed by atoms with Gasteiger partial charge in [0.15, 0.2) is 0 Å². The van der Waals surface area contributed by atoms with Crippen LogP contribution in [0.25, 0.3) is 0 Å². The van der Waals surface area contributed by atoms with Crippen molar-refractivity contribution in [3.05, 3.63) is 144 Å². The highest BCUT2D eigenvalue weighted by molar-refractivity contribution is 6.08. The molecule has 0 amide bonds. The maximum Gasteiger partial charge on any atom is 0.0604 e. The third-order valence-corrected chi connectivity index (χ3v) is 6.30. The molecule has 4 rings (SSSR count). The molecule has 0 saturated heterocycles. The molecule has 0 aliphatic rings. The minimum atomic E-state index is 0.225. The molecule has 0 aliphatic carbocycles. The number of benzene rings is 4. The zero-order valence-corrected chi connectivity index (χ0v) is 20.1. The van der Waals surface area contributed by atoms with E-state index in [1.54, 1.807) is 0 Å². The van der Waals surface area contributed by atoms with Crippen LogP contribution >= 0.6 is 0 Å². The summed E-state index contributed by atoms with van der Waals surface area (Å²) in [4.78, 5) is 5.17. The lowest BCUT2D eigenvalue weighted by Crippen LogP contribution is -2.47. The van der Waals surface area contributed by atoms with E-state index in [0.29, 0.717) is 0 Å². The summed E-state index contributed by atoms with van der Waals surface area (Å²) < 4.78 is 0. The molecule has 0 N–H and O–H groups in total. The van der Waals surface area contributed by atoms with Gasteiger partial charge in [0.25, 0.3) is 0 Å². The van der Waals surface area contributed by atoms with Gasteiger partial charge in [-0.15, -0.1) is 0 Å². The molecule has 33 heavy (non-hydrogen) atoms. The van der Waals surface area contributed by atoms with Crippen molar-refractivity contribution >= 4 is 10.2 Å². The van der Waals surface area contributed by atoms with Crippen LogP contribution in [0.3, 0.4) is 0 Å². The molecule has 3 radical (unpaired) electrons. The van der Waals surface area contributed by atoms with Crippen LogP contribution in [0.2, 0.25) is 6.04 Å². The quantitative estimate of drug-likeness (QED) is 0.196. The SMILES string of the molecule is [Si]CC(N(Cc1ccccc1)Cc1ccccc1)N(Cc1ccccc1)Cc1ccccc1. The van der Waals surface area contributed by atoms with Gasteiger partial charge in [0.1, 0.15) is 0 Å². The Hall–Kier alpha value is -2.98. The second-order valence-corrected chi connectivity index (χ2v) is 8.85. The van der Waals surface area contributed by atoms with E-state index in [1.807, 2.05) is 0 Å². The van der Waals surface area contributed by atoms with Gasteiger partial charge < -0.3 is 0 Å². The molecule has 0 aliphatic heterocycles. The summed E-state index contributed by atoms with van der Waals surface area (Å²) in [6.45, 7) is 3.58. The molecule has 4 aromatic carbocycles. The van der Waals surface area contributed by atoms with Gasteiger partial charge in [-0.1, -0.05) is 121 Å². The van der Waals surface area contributed by atoms with Crippen LogP contribution in [0.1, 0.15) is 22.3 Å². The van der Waals surface area contributed by atoms with E-state index in [9.17, 15) is 0 Å². The van der Waals surface area contributed by atoms with Crippen LogP contribution in [-0.2, 0) is 26.2 Å². The van der Waals surface area contributed by atoms with Gasteiger partial charge in [-0.3, -0.25) is 9.80 Å². The molecule has 0 aromatic heterocycles. The van der Waals surface area contributed by atoms with Crippen molar-refractivity contribution in [1.29, 1.82) is 0 Å². The lowest BCUT2D eigenvalue weighted by Gasteiger charge is -2.40. The van der Waals surface area contributed by atoms with E-state index < -0.39 is 0 Å². The summed E-state index contributed by atoms with van der Waals surface area (Å²) in [5.74, 6) is 0. The monoisotopic (exact) mass is 447 g/mol. The zero-order chi connectivity index (χ0) is 22.7. The van der Waals surface area contributed by atoms with E-state index in [4.69, 9.17) is 0 Å². The maximum atomic E-state index is 3.95. The molecule has 0 unspecified atom stereocenters. The third kappa shape index (κ3) is 7.00. The highest BCUT2D eigenvalue weighted by Gasteiger charge is 2.25. The fourth-order valence-corrected chi connectivity index (χ4v) is 4.81. The fourth-order valence-electron chi connectivity index (χ4n) is 4.29. The minimum absolute atomic E-state index is 0.225. The Kier molecular flexibility index (Phi) is 8.65. The first-order valence-corrected chi connectivity index (χ1v) is 12.3. The first-order chi connectivity index (χ1) is 16.3. The molecule has 0 saturated carbocycles. The van der Waals surface area contributed by atoms with E-state index in [0.717, 1.165) is 32.2 Å². The largest absolute Gasteiger partial charge is 0.280 e. The van der Waals surface area contributed by atoms with Crippen molar-refractivity contribution in [2.75, 3.05) is 0 Å². The van der Waals surface area contributed by atoms with Crippen molar-refractivity contribution in [2.24, 2.45) is 0 Å². The molecule has 165 valence electrons. The third-order valence-electron chi connectivity index (χ3n) is 5.94. The van der Waals surface area contributed by atoms with Gasteiger partial charge in [0, 0.05) is 36.4 Å². The molecule has 3 heteroatoms. The van der Waals surface area contributed by atoms with E-state index >= 15 is 0 Å². The summed E-state index contributed by atoms with van der Waals surface area (Å²) in [5, 5.41) is 0. The lowest BCUT2D eigenvalue weighted by atomic mass is 10.1. The first kappa shape index (κ1) is 23.2. The van der Waals surface area contributed by atoms with E-state index in [2.05, 4.69) is 141 Å². The molecule has 4 aromatic rings. The summed E-state index contributed by atoms with van der Waals surface area (Å²) in [6.07, 6.45) is 0.225. The molecule has 0 atom stereocenters. The molecule has 0 spiro atoms. The summed E-state index contributed by atoms with van der Waals surface area (Å²) in [6, 6.07) is 44.0. The first-order valence-electron chi connectivity index (χ1n) is 11.6. The average Bonchev–Trinajstić information content (AvgIpc) is 2.87. The standard InChI is InChI=1S/C30H31N2Si/c33-25-30(31(21-26-13-5-1-6-14-26)22-27-15-7-2-8-16-27)32(23-28-17-9-3-10-18-28)24-29-19-11-4-12-20-29/h1-20,30H,21-25H2.